The van der Waals surface area contributed by atoms with Crippen LogP contribution in [0, 0.1) is 0 Å². The highest BCUT2D eigenvalue weighted by molar-refractivity contribution is 7.22. The molecule has 0 atom stereocenters. The van der Waals surface area contributed by atoms with Crippen LogP contribution in [0.4, 0.5) is 5.13 Å². The lowest BCUT2D eigenvalue weighted by Gasteiger charge is -2.28. The molecule has 0 N–H and O–H groups in total. The van der Waals surface area contributed by atoms with Gasteiger partial charge in [0.2, 0.25) is 5.75 Å². The van der Waals surface area contributed by atoms with Crippen molar-refractivity contribution in [2.45, 2.75) is 0 Å². The summed E-state index contributed by atoms with van der Waals surface area (Å²) in [6, 6.07) is 9.31. The number of aromatic nitrogens is 1. The van der Waals surface area contributed by atoms with Crippen LogP contribution in [0.3, 0.4) is 0 Å². The molecule has 1 aliphatic heterocycles. The maximum Gasteiger partial charge on any atom is 0.252 e. The summed E-state index contributed by atoms with van der Waals surface area (Å²) in [5, 5.41) is 0.644. The van der Waals surface area contributed by atoms with E-state index >= 15 is 0 Å². The zero-order valence-corrected chi connectivity index (χ0v) is 21.8. The lowest BCUT2D eigenvalue weighted by Crippen LogP contribution is -2.42. The van der Waals surface area contributed by atoms with Gasteiger partial charge in [-0.1, -0.05) is 11.3 Å². The Morgan fingerprint density at radius 1 is 1.06 bits per heavy atom. The molecule has 2 aromatic carbocycles. The van der Waals surface area contributed by atoms with E-state index in [0.717, 1.165) is 41.2 Å². The quantitative estimate of drug-likeness (QED) is 0.380. The van der Waals surface area contributed by atoms with E-state index < -0.39 is 0 Å². The van der Waals surface area contributed by atoms with E-state index in [1.807, 2.05) is 18.2 Å². The molecule has 3 aromatic rings. The third kappa shape index (κ3) is 5.89. The van der Waals surface area contributed by atoms with Gasteiger partial charge in [-0.25, -0.2) is 4.98 Å². The number of nitrogens with zero attached hydrogens (tertiary/aromatic N) is 3. The van der Waals surface area contributed by atoms with Crippen LogP contribution in [0.1, 0.15) is 5.56 Å². The first-order valence-electron chi connectivity index (χ1n) is 11.6. The third-order valence-corrected chi connectivity index (χ3v) is 6.97. The van der Waals surface area contributed by atoms with Crippen molar-refractivity contribution < 1.29 is 28.5 Å². The van der Waals surface area contributed by atoms with E-state index in [0.29, 0.717) is 42.1 Å². The molecule has 1 amide bonds. The number of thiazole rings is 1. The van der Waals surface area contributed by atoms with E-state index in [9.17, 15) is 4.79 Å². The van der Waals surface area contributed by atoms with E-state index in [1.165, 1.54) is 11.3 Å². The highest BCUT2D eigenvalue weighted by atomic mass is 32.1. The Bertz CT molecular complexity index is 1200. The lowest BCUT2D eigenvalue weighted by atomic mass is 10.1. The van der Waals surface area contributed by atoms with Crippen LogP contribution < -0.4 is 23.8 Å². The first kappa shape index (κ1) is 25.7. The van der Waals surface area contributed by atoms with E-state index in [1.54, 1.807) is 57.6 Å². The minimum absolute atomic E-state index is 0.164. The maximum atomic E-state index is 13.5. The molecule has 1 saturated heterocycles. The second-order valence-electron chi connectivity index (χ2n) is 8.07. The van der Waals surface area contributed by atoms with Gasteiger partial charge in [-0.15, -0.1) is 0 Å². The van der Waals surface area contributed by atoms with E-state index in [2.05, 4.69) is 4.90 Å². The molecule has 192 valence electrons. The van der Waals surface area contributed by atoms with Crippen LogP contribution in [0.2, 0.25) is 0 Å². The third-order valence-electron chi connectivity index (χ3n) is 5.93. The number of rotatable bonds is 10. The first-order chi connectivity index (χ1) is 17.6. The highest BCUT2D eigenvalue weighted by Gasteiger charge is 2.21. The summed E-state index contributed by atoms with van der Waals surface area (Å²) in [4.78, 5) is 22.2. The zero-order chi connectivity index (χ0) is 25.5. The first-order valence-corrected chi connectivity index (χ1v) is 12.4. The monoisotopic (exact) mass is 513 g/mol. The molecule has 9 nitrogen and oxygen atoms in total. The molecule has 4 rings (SSSR count). The SMILES string of the molecule is COc1ccc2nc(N(CCN3CCOCC3)C(=O)/C=C/c3cc(OC)c(OC)c(OC)c3)sc2c1. The van der Waals surface area contributed by atoms with Crippen molar-refractivity contribution in [3.8, 4) is 23.0 Å². The van der Waals surface area contributed by atoms with Crippen LogP contribution in [0.25, 0.3) is 16.3 Å². The lowest BCUT2D eigenvalue weighted by molar-refractivity contribution is -0.114. The number of hydrogen-bond donors (Lipinski definition) is 0. The Morgan fingerprint density at radius 3 is 2.42 bits per heavy atom. The van der Waals surface area contributed by atoms with Gasteiger partial charge < -0.3 is 23.7 Å². The fraction of sp³-hybridized carbons (Fsp3) is 0.385. The van der Waals surface area contributed by atoms with Crippen molar-refractivity contribution in [2.24, 2.45) is 0 Å². The van der Waals surface area contributed by atoms with Gasteiger partial charge >= 0.3 is 0 Å². The number of ether oxygens (including phenoxy) is 5. The standard InChI is InChI=1S/C26H31N3O6S/c1-31-19-6-7-20-23(17-19)36-26(27-20)29(10-9-28-11-13-35-14-12-28)24(30)8-5-18-15-21(32-2)25(34-4)22(16-18)33-3/h5-8,15-17H,9-14H2,1-4H3/b8-5+. The van der Waals surface area contributed by atoms with E-state index in [-0.39, 0.29) is 5.91 Å². The Balaban J connectivity index is 1.61. The second kappa shape index (κ2) is 12.1. The highest BCUT2D eigenvalue weighted by Crippen LogP contribution is 2.38. The van der Waals surface area contributed by atoms with Crippen molar-refractivity contribution in [3.63, 3.8) is 0 Å². The minimum Gasteiger partial charge on any atom is -0.497 e. The molecule has 0 unspecified atom stereocenters. The van der Waals surface area contributed by atoms with Crippen molar-refractivity contribution >= 4 is 38.7 Å². The van der Waals surface area contributed by atoms with Crippen LogP contribution in [-0.2, 0) is 9.53 Å². The second-order valence-corrected chi connectivity index (χ2v) is 9.08. The molecule has 10 heteroatoms. The smallest absolute Gasteiger partial charge is 0.252 e. The molecular weight excluding hydrogens is 482 g/mol. The fourth-order valence-electron chi connectivity index (χ4n) is 3.96. The molecular formula is C26H31N3O6S. The van der Waals surface area contributed by atoms with Gasteiger partial charge in [0.05, 0.1) is 51.9 Å². The van der Waals surface area contributed by atoms with Gasteiger partial charge in [0, 0.05) is 32.3 Å². The maximum absolute atomic E-state index is 13.5. The van der Waals surface area contributed by atoms with Gasteiger partial charge in [-0.05, 0) is 42.0 Å². The predicted octanol–water partition coefficient (Wildman–Crippen LogP) is 3.71. The van der Waals surface area contributed by atoms with E-state index in [4.69, 9.17) is 28.7 Å². The molecule has 36 heavy (non-hydrogen) atoms. The summed E-state index contributed by atoms with van der Waals surface area (Å²) in [5.74, 6) is 2.14. The van der Waals surface area contributed by atoms with Crippen LogP contribution in [-0.4, -0.2) is 83.6 Å². The average molecular weight is 514 g/mol. The topological polar surface area (TPSA) is 82.6 Å². The van der Waals surface area contributed by atoms with Gasteiger partial charge in [-0.2, -0.15) is 0 Å². The van der Waals surface area contributed by atoms with Crippen molar-refractivity contribution in [3.05, 3.63) is 42.0 Å². The number of fused-ring (bicyclic) bond motifs is 1. The summed E-state index contributed by atoms with van der Waals surface area (Å²) in [7, 11) is 6.31. The molecule has 0 radical (unpaired) electrons. The Hall–Kier alpha value is -3.34. The number of methoxy groups -OCH3 is 4. The van der Waals surface area contributed by atoms with Crippen molar-refractivity contribution in [1.29, 1.82) is 0 Å². The summed E-state index contributed by atoms with van der Waals surface area (Å²) in [5.41, 5.74) is 1.58. The molecule has 0 saturated carbocycles. The van der Waals surface area contributed by atoms with Crippen molar-refractivity contribution in [2.75, 3.05) is 72.7 Å². The number of amides is 1. The van der Waals surface area contributed by atoms with Gasteiger partial charge in [0.25, 0.3) is 5.91 Å². The molecule has 2 heterocycles. The Kier molecular flexibility index (Phi) is 8.63. The average Bonchev–Trinajstić information content (AvgIpc) is 3.34. The summed E-state index contributed by atoms with van der Waals surface area (Å²) < 4.78 is 28.0. The van der Waals surface area contributed by atoms with Gasteiger partial charge in [-0.3, -0.25) is 14.6 Å². The Morgan fingerprint density at radius 2 is 1.78 bits per heavy atom. The predicted molar refractivity (Wildman–Crippen MR) is 141 cm³/mol. The number of benzene rings is 2. The molecule has 0 bridgehead atoms. The number of carbonyl (C=O) groups is 1. The summed E-state index contributed by atoms with van der Waals surface area (Å²) in [6.07, 6.45) is 3.29. The number of morpholine rings is 1. The van der Waals surface area contributed by atoms with Crippen LogP contribution in [0.5, 0.6) is 23.0 Å². The van der Waals surface area contributed by atoms with Crippen molar-refractivity contribution in [1.82, 2.24) is 9.88 Å². The molecule has 0 spiro atoms. The normalized spacial score (nSPS) is 14.2. The molecule has 1 aromatic heterocycles. The Labute approximate surface area is 214 Å². The van der Waals surface area contributed by atoms with Gasteiger partial charge in [0.1, 0.15) is 5.75 Å². The van der Waals surface area contributed by atoms with Gasteiger partial charge in [0.15, 0.2) is 16.6 Å². The van der Waals surface area contributed by atoms with Crippen LogP contribution >= 0.6 is 11.3 Å². The number of carbonyl (C=O) groups excluding carboxylic acids is 1. The number of anilines is 1. The fourth-order valence-corrected chi connectivity index (χ4v) is 4.98. The number of hydrogen-bond acceptors (Lipinski definition) is 9. The summed E-state index contributed by atoms with van der Waals surface area (Å²) in [6.45, 7) is 4.34. The molecule has 1 aliphatic rings. The largest absolute Gasteiger partial charge is 0.497 e. The zero-order valence-electron chi connectivity index (χ0n) is 21.0. The molecule has 1 fully saturated rings. The molecule has 0 aliphatic carbocycles. The van der Waals surface area contributed by atoms with Crippen LogP contribution in [0.15, 0.2) is 36.4 Å². The minimum atomic E-state index is -0.164. The summed E-state index contributed by atoms with van der Waals surface area (Å²) >= 11 is 1.47.